The SMILES string of the molecule is CC(NCCCn1cccn1)c1ccc(NC(=O)NC2CC2)cc1. The molecule has 0 radical (unpaired) electrons. The van der Waals surface area contributed by atoms with Crippen LogP contribution in [0, 0.1) is 0 Å². The van der Waals surface area contributed by atoms with Crippen LogP contribution in [0.25, 0.3) is 0 Å². The lowest BCUT2D eigenvalue weighted by atomic mass is 10.1. The minimum absolute atomic E-state index is 0.116. The molecule has 0 spiro atoms. The standard InChI is InChI=1S/C18H25N5O/c1-14(19-10-2-12-23-13-3-11-20-23)15-4-6-16(7-5-15)21-18(24)22-17-8-9-17/h3-7,11,13-14,17,19H,2,8-10,12H2,1H3,(H2,21,22,24). The Hall–Kier alpha value is -2.34. The van der Waals surface area contributed by atoms with Crippen molar-refractivity contribution < 1.29 is 4.79 Å². The summed E-state index contributed by atoms with van der Waals surface area (Å²) < 4.78 is 1.94. The van der Waals surface area contributed by atoms with Crippen molar-refractivity contribution in [1.82, 2.24) is 20.4 Å². The van der Waals surface area contributed by atoms with Crippen LogP contribution in [0.1, 0.15) is 37.8 Å². The van der Waals surface area contributed by atoms with E-state index in [-0.39, 0.29) is 12.1 Å². The highest BCUT2D eigenvalue weighted by atomic mass is 16.2. The number of urea groups is 1. The molecule has 1 aliphatic carbocycles. The van der Waals surface area contributed by atoms with Crippen LogP contribution >= 0.6 is 0 Å². The molecule has 1 unspecified atom stereocenters. The van der Waals surface area contributed by atoms with Crippen molar-refractivity contribution >= 4 is 11.7 Å². The van der Waals surface area contributed by atoms with Gasteiger partial charge in [-0.3, -0.25) is 4.68 Å². The highest BCUT2D eigenvalue weighted by molar-refractivity contribution is 5.89. The predicted octanol–water partition coefficient (Wildman–Crippen LogP) is 2.91. The maximum Gasteiger partial charge on any atom is 0.319 e. The molecule has 1 heterocycles. The zero-order valence-electron chi connectivity index (χ0n) is 14.0. The molecule has 1 fully saturated rings. The minimum atomic E-state index is -0.116. The second-order valence-corrected chi connectivity index (χ2v) is 6.29. The van der Waals surface area contributed by atoms with E-state index in [0.29, 0.717) is 6.04 Å². The van der Waals surface area contributed by atoms with E-state index in [1.165, 1.54) is 5.56 Å². The molecule has 6 heteroatoms. The van der Waals surface area contributed by atoms with Crippen LogP contribution in [0.3, 0.4) is 0 Å². The number of benzene rings is 1. The number of nitrogens with zero attached hydrogens (tertiary/aromatic N) is 2. The summed E-state index contributed by atoms with van der Waals surface area (Å²) in [6.45, 7) is 4.01. The molecule has 1 atom stereocenters. The first-order valence-corrected chi connectivity index (χ1v) is 8.59. The maximum atomic E-state index is 11.7. The second kappa shape index (κ2) is 7.97. The van der Waals surface area contributed by atoms with Crippen molar-refractivity contribution in [3.63, 3.8) is 0 Å². The Kier molecular flexibility index (Phi) is 5.48. The van der Waals surface area contributed by atoms with Gasteiger partial charge in [0.1, 0.15) is 0 Å². The van der Waals surface area contributed by atoms with Gasteiger partial charge in [0, 0.05) is 36.7 Å². The van der Waals surface area contributed by atoms with Crippen LogP contribution in [0.15, 0.2) is 42.7 Å². The van der Waals surface area contributed by atoms with E-state index >= 15 is 0 Å². The normalized spacial score (nSPS) is 15.0. The van der Waals surface area contributed by atoms with Gasteiger partial charge in [0.25, 0.3) is 0 Å². The van der Waals surface area contributed by atoms with Gasteiger partial charge in [-0.2, -0.15) is 5.10 Å². The molecular weight excluding hydrogens is 302 g/mol. The van der Waals surface area contributed by atoms with Crippen LogP contribution in [0.5, 0.6) is 0 Å². The van der Waals surface area contributed by atoms with Gasteiger partial charge < -0.3 is 16.0 Å². The molecule has 1 aromatic carbocycles. The number of carbonyl (C=O) groups excluding carboxylic acids is 1. The molecule has 128 valence electrons. The van der Waals surface area contributed by atoms with Crippen LogP contribution in [0.2, 0.25) is 0 Å². The summed E-state index contributed by atoms with van der Waals surface area (Å²) in [5.41, 5.74) is 2.03. The lowest BCUT2D eigenvalue weighted by Gasteiger charge is -2.15. The Balaban J connectivity index is 1.39. The zero-order chi connectivity index (χ0) is 16.8. The fraction of sp³-hybridized carbons (Fsp3) is 0.444. The smallest absolute Gasteiger partial charge is 0.319 e. The Morgan fingerprint density at radius 2 is 2.12 bits per heavy atom. The van der Waals surface area contributed by atoms with Crippen molar-refractivity contribution in [3.05, 3.63) is 48.3 Å². The van der Waals surface area contributed by atoms with Gasteiger partial charge in [-0.1, -0.05) is 12.1 Å². The van der Waals surface area contributed by atoms with Gasteiger partial charge in [-0.25, -0.2) is 4.79 Å². The molecule has 1 aromatic heterocycles. The zero-order valence-corrected chi connectivity index (χ0v) is 14.0. The number of aromatic nitrogens is 2. The first-order chi connectivity index (χ1) is 11.7. The summed E-state index contributed by atoms with van der Waals surface area (Å²) in [5.74, 6) is 0. The Labute approximate surface area is 142 Å². The summed E-state index contributed by atoms with van der Waals surface area (Å²) in [6, 6.07) is 10.5. The topological polar surface area (TPSA) is 71.0 Å². The summed E-state index contributed by atoms with van der Waals surface area (Å²) in [6.07, 6.45) is 7.00. The molecule has 0 saturated heterocycles. The van der Waals surface area contributed by atoms with Gasteiger partial charge in [-0.15, -0.1) is 0 Å². The number of anilines is 1. The molecule has 2 aromatic rings. The molecule has 1 saturated carbocycles. The number of nitrogens with one attached hydrogen (secondary N) is 3. The molecule has 3 N–H and O–H groups in total. The molecule has 3 rings (SSSR count). The largest absolute Gasteiger partial charge is 0.335 e. The highest BCUT2D eigenvalue weighted by Gasteiger charge is 2.23. The Morgan fingerprint density at radius 3 is 2.79 bits per heavy atom. The van der Waals surface area contributed by atoms with E-state index in [9.17, 15) is 4.79 Å². The Morgan fingerprint density at radius 1 is 1.33 bits per heavy atom. The van der Waals surface area contributed by atoms with E-state index < -0.39 is 0 Å². The maximum absolute atomic E-state index is 11.7. The highest BCUT2D eigenvalue weighted by Crippen LogP contribution is 2.19. The van der Waals surface area contributed by atoms with Gasteiger partial charge in [0.05, 0.1) is 0 Å². The van der Waals surface area contributed by atoms with E-state index in [4.69, 9.17) is 0 Å². The molecule has 1 aliphatic rings. The number of rotatable bonds is 8. The third-order valence-electron chi connectivity index (χ3n) is 4.15. The third kappa shape index (κ3) is 5.09. The van der Waals surface area contributed by atoms with Crippen molar-refractivity contribution in [2.45, 2.75) is 44.8 Å². The predicted molar refractivity (Wildman–Crippen MR) is 94.9 cm³/mol. The van der Waals surface area contributed by atoms with Crippen molar-refractivity contribution in [2.75, 3.05) is 11.9 Å². The van der Waals surface area contributed by atoms with Gasteiger partial charge in [-0.05, 0) is 56.5 Å². The number of carbonyl (C=O) groups is 1. The molecular formula is C18H25N5O. The van der Waals surface area contributed by atoms with Crippen LogP contribution in [-0.4, -0.2) is 28.4 Å². The van der Waals surface area contributed by atoms with Crippen molar-refractivity contribution in [3.8, 4) is 0 Å². The molecule has 0 bridgehead atoms. The lowest BCUT2D eigenvalue weighted by molar-refractivity contribution is 0.251. The number of hydrogen-bond donors (Lipinski definition) is 3. The second-order valence-electron chi connectivity index (χ2n) is 6.29. The van der Waals surface area contributed by atoms with E-state index in [0.717, 1.165) is 38.0 Å². The molecule has 24 heavy (non-hydrogen) atoms. The van der Waals surface area contributed by atoms with E-state index in [2.05, 4.69) is 40.1 Å². The monoisotopic (exact) mass is 327 g/mol. The first-order valence-electron chi connectivity index (χ1n) is 8.59. The summed E-state index contributed by atoms with van der Waals surface area (Å²) in [5, 5.41) is 13.5. The lowest BCUT2D eigenvalue weighted by Crippen LogP contribution is -2.30. The number of hydrogen-bond acceptors (Lipinski definition) is 3. The van der Waals surface area contributed by atoms with E-state index in [1.54, 1.807) is 6.20 Å². The van der Waals surface area contributed by atoms with Gasteiger partial charge >= 0.3 is 6.03 Å². The summed E-state index contributed by atoms with van der Waals surface area (Å²) in [4.78, 5) is 11.7. The van der Waals surface area contributed by atoms with Gasteiger partial charge in [0.2, 0.25) is 0 Å². The molecule has 2 amide bonds. The quantitative estimate of drug-likeness (QED) is 0.653. The third-order valence-corrected chi connectivity index (χ3v) is 4.15. The first kappa shape index (κ1) is 16.5. The van der Waals surface area contributed by atoms with Crippen molar-refractivity contribution in [1.29, 1.82) is 0 Å². The Bertz CT molecular complexity index is 634. The summed E-state index contributed by atoms with van der Waals surface area (Å²) in [7, 11) is 0. The van der Waals surface area contributed by atoms with Crippen LogP contribution in [-0.2, 0) is 6.54 Å². The minimum Gasteiger partial charge on any atom is -0.335 e. The fourth-order valence-corrected chi connectivity index (χ4v) is 2.55. The number of amides is 2. The summed E-state index contributed by atoms with van der Waals surface area (Å²) >= 11 is 0. The average Bonchev–Trinajstić information content (AvgIpc) is 3.23. The van der Waals surface area contributed by atoms with Crippen LogP contribution < -0.4 is 16.0 Å². The number of aryl methyl sites for hydroxylation is 1. The molecule has 0 aliphatic heterocycles. The fourth-order valence-electron chi connectivity index (χ4n) is 2.55. The van der Waals surface area contributed by atoms with Crippen molar-refractivity contribution in [2.24, 2.45) is 0 Å². The van der Waals surface area contributed by atoms with Gasteiger partial charge in [0.15, 0.2) is 0 Å². The van der Waals surface area contributed by atoms with Crippen LogP contribution in [0.4, 0.5) is 10.5 Å². The van der Waals surface area contributed by atoms with E-state index in [1.807, 2.05) is 29.1 Å². The average molecular weight is 327 g/mol. The molecule has 6 nitrogen and oxygen atoms in total.